The van der Waals surface area contributed by atoms with E-state index in [0.29, 0.717) is 33.9 Å². The summed E-state index contributed by atoms with van der Waals surface area (Å²) >= 11 is 12.5. The smallest absolute Gasteiger partial charge is 0.246 e. The molecular formula is C26H27Cl2NO3. The van der Waals surface area contributed by atoms with Gasteiger partial charge in [-0.05, 0) is 56.4 Å². The number of likely N-dealkylation sites (tertiary alicyclic amines) is 1. The highest BCUT2D eigenvalue weighted by atomic mass is 35.5. The summed E-state index contributed by atoms with van der Waals surface area (Å²) in [6, 6.07) is 9.30. The summed E-state index contributed by atoms with van der Waals surface area (Å²) in [7, 11) is 0. The largest absolute Gasteiger partial charge is 0.493 e. The molecule has 1 amide bonds. The fraction of sp³-hybridized carbons (Fsp3) is 0.346. The topological polar surface area (TPSA) is 42.7 Å². The number of carbonyl (C=O) groups is 1. The Morgan fingerprint density at radius 3 is 2.62 bits per heavy atom. The lowest BCUT2D eigenvalue weighted by molar-refractivity contribution is -0.127. The van der Waals surface area contributed by atoms with E-state index < -0.39 is 0 Å². The zero-order valence-electron chi connectivity index (χ0n) is 18.6. The molecule has 2 aromatic carbocycles. The van der Waals surface area contributed by atoms with Gasteiger partial charge < -0.3 is 14.1 Å². The van der Waals surface area contributed by atoms with E-state index in [1.807, 2.05) is 36.9 Å². The van der Waals surface area contributed by atoms with Gasteiger partial charge in [0.2, 0.25) is 5.91 Å². The molecule has 0 spiro atoms. The minimum Gasteiger partial charge on any atom is -0.493 e. The normalized spacial score (nSPS) is 15.4. The van der Waals surface area contributed by atoms with Gasteiger partial charge >= 0.3 is 0 Å². The van der Waals surface area contributed by atoms with Gasteiger partial charge in [-0.25, -0.2) is 0 Å². The van der Waals surface area contributed by atoms with Crippen molar-refractivity contribution in [2.75, 3.05) is 19.7 Å². The third-order valence-electron chi connectivity index (χ3n) is 6.06. The molecule has 0 N–H and O–H groups in total. The Bertz CT molecular complexity index is 1170. The number of halogens is 2. The van der Waals surface area contributed by atoms with Crippen LogP contribution in [0.15, 0.2) is 47.1 Å². The fourth-order valence-corrected chi connectivity index (χ4v) is 4.65. The third kappa shape index (κ3) is 4.67. The lowest BCUT2D eigenvalue weighted by Gasteiger charge is -2.29. The molecule has 0 radical (unpaired) electrons. The maximum Gasteiger partial charge on any atom is 0.246 e. The molecule has 1 saturated heterocycles. The highest BCUT2D eigenvalue weighted by Gasteiger charge is 2.21. The molecule has 2 heterocycles. The summed E-state index contributed by atoms with van der Waals surface area (Å²) in [6.45, 7) is 8.25. The summed E-state index contributed by atoms with van der Waals surface area (Å²) < 4.78 is 11.7. The molecule has 4 nitrogen and oxygen atoms in total. The maximum atomic E-state index is 12.9. The SMILES string of the molecule is CCOc1cc2occ(-c3ccc(Cl)cc3Cl)c2cc1/C(C)=C/C(=O)N1CCC(C)CC1. The van der Waals surface area contributed by atoms with Crippen LogP contribution in [0.2, 0.25) is 10.0 Å². The summed E-state index contributed by atoms with van der Waals surface area (Å²) in [4.78, 5) is 14.8. The maximum absolute atomic E-state index is 12.9. The molecule has 0 bridgehead atoms. The summed E-state index contributed by atoms with van der Waals surface area (Å²) in [5.41, 5.74) is 4.13. The van der Waals surface area contributed by atoms with Crippen LogP contribution in [0, 0.1) is 5.92 Å². The first kappa shape index (κ1) is 22.8. The number of carbonyl (C=O) groups excluding carboxylic acids is 1. The lowest BCUT2D eigenvalue weighted by Crippen LogP contribution is -2.36. The molecule has 168 valence electrons. The van der Waals surface area contributed by atoms with Crippen LogP contribution in [0.4, 0.5) is 0 Å². The number of allylic oxidation sites excluding steroid dienone is 1. The number of benzene rings is 2. The van der Waals surface area contributed by atoms with E-state index in [0.717, 1.165) is 53.6 Å². The van der Waals surface area contributed by atoms with Gasteiger partial charge in [-0.1, -0.05) is 36.2 Å². The Morgan fingerprint density at radius 2 is 1.94 bits per heavy atom. The van der Waals surface area contributed by atoms with Crippen molar-refractivity contribution in [2.45, 2.75) is 33.6 Å². The highest BCUT2D eigenvalue weighted by molar-refractivity contribution is 6.36. The predicted molar refractivity (Wildman–Crippen MR) is 131 cm³/mol. The van der Waals surface area contributed by atoms with E-state index in [9.17, 15) is 4.79 Å². The molecule has 0 aliphatic carbocycles. The van der Waals surface area contributed by atoms with Crippen molar-refractivity contribution < 1.29 is 13.9 Å². The second-order valence-corrected chi connectivity index (χ2v) is 9.23. The van der Waals surface area contributed by atoms with Gasteiger partial charge in [0.15, 0.2) is 0 Å². The molecule has 1 aliphatic rings. The van der Waals surface area contributed by atoms with Crippen molar-refractivity contribution in [3.8, 4) is 16.9 Å². The van der Waals surface area contributed by atoms with Gasteiger partial charge in [-0.15, -0.1) is 0 Å². The molecule has 32 heavy (non-hydrogen) atoms. The van der Waals surface area contributed by atoms with Crippen molar-refractivity contribution >= 4 is 45.7 Å². The van der Waals surface area contributed by atoms with Crippen molar-refractivity contribution in [3.05, 3.63) is 58.3 Å². The minimum absolute atomic E-state index is 0.0464. The monoisotopic (exact) mass is 471 g/mol. The number of ether oxygens (including phenoxy) is 1. The molecule has 4 rings (SSSR count). The van der Waals surface area contributed by atoms with E-state index in [-0.39, 0.29) is 5.91 Å². The summed E-state index contributed by atoms with van der Waals surface area (Å²) in [6.07, 6.45) is 5.51. The second kappa shape index (κ2) is 9.60. The summed E-state index contributed by atoms with van der Waals surface area (Å²) in [5, 5.41) is 2.03. The molecule has 0 atom stereocenters. The van der Waals surface area contributed by atoms with E-state index in [1.165, 1.54) is 0 Å². The first-order valence-electron chi connectivity index (χ1n) is 11.0. The Balaban J connectivity index is 1.75. The van der Waals surface area contributed by atoms with Gasteiger partial charge in [0.25, 0.3) is 0 Å². The van der Waals surface area contributed by atoms with Crippen LogP contribution >= 0.6 is 23.2 Å². The fourth-order valence-electron chi connectivity index (χ4n) is 4.14. The molecule has 0 unspecified atom stereocenters. The Kier molecular flexibility index (Phi) is 6.82. The van der Waals surface area contributed by atoms with Crippen LogP contribution in [-0.2, 0) is 4.79 Å². The second-order valence-electron chi connectivity index (χ2n) is 8.39. The van der Waals surface area contributed by atoms with E-state index in [1.54, 1.807) is 24.5 Å². The standard InChI is InChI=1S/C26H27Cl2NO3/c1-4-31-24-14-25-21(22(15-32-25)19-6-5-18(27)12-23(19)28)13-20(24)17(3)11-26(30)29-9-7-16(2)8-10-29/h5-6,11-16H,4,7-10H2,1-3H3/b17-11+. The zero-order chi connectivity index (χ0) is 22.8. The number of rotatable bonds is 5. The van der Waals surface area contributed by atoms with E-state index in [2.05, 4.69) is 6.92 Å². The summed E-state index contributed by atoms with van der Waals surface area (Å²) in [5.74, 6) is 1.41. The average molecular weight is 472 g/mol. The van der Waals surface area contributed by atoms with Gasteiger partial charge in [-0.3, -0.25) is 4.79 Å². The zero-order valence-corrected chi connectivity index (χ0v) is 20.1. The minimum atomic E-state index is 0.0464. The number of fused-ring (bicyclic) bond motifs is 1. The Hall–Kier alpha value is -2.43. The van der Waals surface area contributed by atoms with Crippen molar-refractivity contribution in [1.29, 1.82) is 0 Å². The van der Waals surface area contributed by atoms with Crippen LogP contribution in [0.3, 0.4) is 0 Å². The van der Waals surface area contributed by atoms with Crippen LogP contribution in [0.1, 0.15) is 39.2 Å². The van der Waals surface area contributed by atoms with Gasteiger partial charge in [-0.2, -0.15) is 0 Å². The van der Waals surface area contributed by atoms with Crippen LogP contribution < -0.4 is 4.74 Å². The number of furan rings is 1. The van der Waals surface area contributed by atoms with E-state index >= 15 is 0 Å². The van der Waals surface area contributed by atoms with Crippen LogP contribution in [0.25, 0.3) is 27.7 Å². The van der Waals surface area contributed by atoms with Crippen LogP contribution in [-0.4, -0.2) is 30.5 Å². The lowest BCUT2D eigenvalue weighted by atomic mass is 9.98. The average Bonchev–Trinajstić information content (AvgIpc) is 3.16. The third-order valence-corrected chi connectivity index (χ3v) is 6.60. The molecule has 6 heteroatoms. The number of amides is 1. The van der Waals surface area contributed by atoms with Gasteiger partial charge in [0, 0.05) is 52.3 Å². The van der Waals surface area contributed by atoms with Gasteiger partial charge in [0.1, 0.15) is 11.3 Å². The first-order valence-corrected chi connectivity index (χ1v) is 11.7. The van der Waals surface area contributed by atoms with Crippen molar-refractivity contribution in [1.82, 2.24) is 4.90 Å². The molecule has 1 fully saturated rings. The Labute approximate surface area is 198 Å². The van der Waals surface area contributed by atoms with Crippen LogP contribution in [0.5, 0.6) is 5.75 Å². The Morgan fingerprint density at radius 1 is 1.19 bits per heavy atom. The number of hydrogen-bond donors (Lipinski definition) is 0. The first-order chi connectivity index (χ1) is 15.4. The number of hydrogen-bond acceptors (Lipinski definition) is 3. The van der Waals surface area contributed by atoms with Crippen molar-refractivity contribution in [3.63, 3.8) is 0 Å². The number of nitrogens with zero attached hydrogens (tertiary/aromatic N) is 1. The molecule has 0 saturated carbocycles. The molecule has 3 aromatic rings. The van der Waals surface area contributed by atoms with Crippen molar-refractivity contribution in [2.24, 2.45) is 5.92 Å². The quantitative estimate of drug-likeness (QED) is 0.362. The number of piperidine rings is 1. The molecular weight excluding hydrogens is 445 g/mol. The van der Waals surface area contributed by atoms with Gasteiger partial charge in [0.05, 0.1) is 17.9 Å². The predicted octanol–water partition coefficient (Wildman–Crippen LogP) is 7.47. The molecule has 1 aromatic heterocycles. The highest BCUT2D eigenvalue weighted by Crippen LogP contribution is 2.40. The molecule has 1 aliphatic heterocycles. The van der Waals surface area contributed by atoms with E-state index in [4.69, 9.17) is 32.4 Å².